The van der Waals surface area contributed by atoms with Crippen LogP contribution in [0.15, 0.2) is 12.2 Å². The van der Waals surface area contributed by atoms with E-state index in [1.165, 1.54) is 0 Å². The zero-order chi connectivity index (χ0) is 16.2. The van der Waals surface area contributed by atoms with Gasteiger partial charge in [0, 0.05) is 0 Å². The van der Waals surface area contributed by atoms with Gasteiger partial charge in [-0.3, -0.25) is 4.57 Å². The molecule has 0 aliphatic rings. The van der Waals surface area contributed by atoms with E-state index in [-0.39, 0.29) is 18.3 Å². The average molecular weight is 326 g/mol. The Balaban J connectivity index is 4.19. The van der Waals surface area contributed by atoms with Crippen LogP contribution in [-0.4, -0.2) is 48.9 Å². The second kappa shape index (κ2) is 7.31. The average Bonchev–Trinajstić information content (AvgIpc) is 2.22. The van der Waals surface area contributed by atoms with Crippen LogP contribution in [0.3, 0.4) is 0 Å². The van der Waals surface area contributed by atoms with Gasteiger partial charge < -0.3 is 24.1 Å². The smallest absolute Gasteiger partial charge is 0.350 e. The van der Waals surface area contributed by atoms with E-state index in [2.05, 4.69) is 40.4 Å². The van der Waals surface area contributed by atoms with Crippen LogP contribution in [0.25, 0.3) is 0 Å². The molecule has 0 heterocycles. The lowest BCUT2D eigenvalue weighted by atomic mass is 10.2. The molecule has 0 aromatic carbocycles. The number of rotatable bonds is 8. The van der Waals surface area contributed by atoms with Crippen molar-refractivity contribution in [2.24, 2.45) is 0 Å². The quantitative estimate of drug-likeness (QED) is 0.359. The van der Waals surface area contributed by atoms with Gasteiger partial charge in [-0.1, -0.05) is 27.4 Å². The number of aliphatic hydroxyl groups excluding tert-OH is 1. The molecule has 0 fully saturated rings. The fourth-order valence-corrected chi connectivity index (χ4v) is 2.35. The third kappa shape index (κ3) is 7.69. The molecule has 0 aliphatic heterocycles. The van der Waals surface area contributed by atoms with Crippen molar-refractivity contribution in [2.45, 2.75) is 45.0 Å². The number of hydrogen-bond acceptors (Lipinski definition) is 4. The van der Waals surface area contributed by atoms with Crippen molar-refractivity contribution < 1.29 is 28.6 Å². The van der Waals surface area contributed by atoms with E-state index < -0.39 is 28.4 Å². The minimum Gasteiger partial charge on any atom is -0.414 e. The second-order valence-electron chi connectivity index (χ2n) is 6.39. The number of ether oxygens (including phenoxy) is 1. The van der Waals surface area contributed by atoms with Crippen LogP contribution in [0.1, 0.15) is 20.8 Å². The van der Waals surface area contributed by atoms with Crippen LogP contribution in [0.2, 0.25) is 18.1 Å². The fraction of sp³-hybridized carbons (Fsp3) is 0.833. The minimum absolute atomic E-state index is 0.0466. The summed E-state index contributed by atoms with van der Waals surface area (Å²) in [5.74, 6) is 0. The summed E-state index contributed by atoms with van der Waals surface area (Å²) in [5, 5.41) is 9.95. The van der Waals surface area contributed by atoms with Crippen molar-refractivity contribution in [2.75, 3.05) is 19.6 Å². The Hall–Kier alpha value is -0.0131. The van der Waals surface area contributed by atoms with Crippen LogP contribution in [0.5, 0.6) is 0 Å². The highest BCUT2D eigenvalue weighted by atomic mass is 31.2. The summed E-state index contributed by atoms with van der Waals surface area (Å²) < 4.78 is 21.3. The predicted molar refractivity (Wildman–Crippen MR) is 81.2 cm³/mol. The molecule has 0 aliphatic carbocycles. The van der Waals surface area contributed by atoms with E-state index in [1.807, 2.05) is 0 Å². The third-order valence-corrected chi connectivity index (χ3v) is 8.45. The first kappa shape index (κ1) is 20.0. The van der Waals surface area contributed by atoms with Crippen molar-refractivity contribution >= 4 is 15.9 Å². The van der Waals surface area contributed by atoms with Gasteiger partial charge in [-0.25, -0.2) is 0 Å². The van der Waals surface area contributed by atoms with Gasteiger partial charge in [0.15, 0.2) is 8.32 Å². The second-order valence-corrected chi connectivity index (χ2v) is 12.8. The van der Waals surface area contributed by atoms with E-state index >= 15 is 0 Å². The first-order valence-electron chi connectivity index (χ1n) is 6.38. The fourth-order valence-electron chi connectivity index (χ4n) is 1.01. The van der Waals surface area contributed by atoms with E-state index in [0.717, 1.165) is 0 Å². The van der Waals surface area contributed by atoms with Gasteiger partial charge >= 0.3 is 7.60 Å². The monoisotopic (exact) mass is 326 g/mol. The van der Waals surface area contributed by atoms with E-state index in [9.17, 15) is 9.67 Å². The molecule has 0 aromatic heterocycles. The molecule has 6 nitrogen and oxygen atoms in total. The van der Waals surface area contributed by atoms with Crippen LogP contribution in [0.4, 0.5) is 0 Å². The molecule has 0 aromatic rings. The number of aliphatic hydroxyl groups is 1. The molecule has 1 unspecified atom stereocenters. The maximum absolute atomic E-state index is 10.6. The van der Waals surface area contributed by atoms with Gasteiger partial charge in [0.25, 0.3) is 0 Å². The Morgan fingerprint density at radius 1 is 1.35 bits per heavy atom. The Morgan fingerprint density at radius 2 is 1.85 bits per heavy atom. The van der Waals surface area contributed by atoms with Gasteiger partial charge in [0.1, 0.15) is 6.35 Å². The summed E-state index contributed by atoms with van der Waals surface area (Å²) >= 11 is 0. The highest BCUT2D eigenvalue weighted by Crippen LogP contribution is 2.37. The van der Waals surface area contributed by atoms with Gasteiger partial charge in [-0.15, -0.1) is 0 Å². The molecule has 0 amide bonds. The summed E-state index contributed by atoms with van der Waals surface area (Å²) in [5.41, 5.74) is 0.345. The maximum atomic E-state index is 10.6. The summed E-state index contributed by atoms with van der Waals surface area (Å²) in [4.78, 5) is 17.3. The Labute approximate surface area is 122 Å². The SMILES string of the molecule is C=C(COCP(=O)(O)O)C(O)CO[Si](C)(C)C(C)(C)C. The predicted octanol–water partition coefficient (Wildman–Crippen LogP) is 2.08. The molecular formula is C12H27O6PSi. The highest BCUT2D eigenvalue weighted by molar-refractivity contribution is 7.51. The lowest BCUT2D eigenvalue weighted by Crippen LogP contribution is -2.43. The first-order chi connectivity index (χ1) is 8.76. The zero-order valence-electron chi connectivity index (χ0n) is 12.9. The zero-order valence-corrected chi connectivity index (χ0v) is 14.8. The van der Waals surface area contributed by atoms with Crippen molar-refractivity contribution in [3.05, 3.63) is 12.2 Å². The van der Waals surface area contributed by atoms with Crippen LogP contribution >= 0.6 is 7.60 Å². The molecule has 1 atom stereocenters. The van der Waals surface area contributed by atoms with E-state index in [0.29, 0.717) is 5.57 Å². The minimum atomic E-state index is -4.19. The Bertz CT molecular complexity index is 371. The highest BCUT2D eigenvalue weighted by Gasteiger charge is 2.37. The van der Waals surface area contributed by atoms with Gasteiger partial charge in [0.2, 0.25) is 0 Å². The third-order valence-electron chi connectivity index (χ3n) is 3.43. The maximum Gasteiger partial charge on any atom is 0.350 e. The molecule has 120 valence electrons. The molecule has 0 saturated carbocycles. The summed E-state index contributed by atoms with van der Waals surface area (Å²) in [6.07, 6.45) is -1.58. The summed E-state index contributed by atoms with van der Waals surface area (Å²) in [6, 6.07) is 0. The Kier molecular flexibility index (Phi) is 7.31. The van der Waals surface area contributed by atoms with Crippen LogP contribution < -0.4 is 0 Å². The molecule has 0 saturated heterocycles. The van der Waals surface area contributed by atoms with Crippen molar-refractivity contribution in [3.63, 3.8) is 0 Å². The lowest BCUT2D eigenvalue weighted by Gasteiger charge is -2.36. The topological polar surface area (TPSA) is 96.2 Å². The van der Waals surface area contributed by atoms with Gasteiger partial charge in [0.05, 0.1) is 19.3 Å². The largest absolute Gasteiger partial charge is 0.414 e. The lowest BCUT2D eigenvalue weighted by molar-refractivity contribution is 0.102. The molecule has 20 heavy (non-hydrogen) atoms. The molecule has 0 spiro atoms. The molecule has 3 N–H and O–H groups in total. The molecular weight excluding hydrogens is 299 g/mol. The van der Waals surface area contributed by atoms with Gasteiger partial charge in [-0.2, -0.15) is 0 Å². The van der Waals surface area contributed by atoms with Crippen LogP contribution in [0, 0.1) is 0 Å². The Morgan fingerprint density at radius 3 is 2.25 bits per heavy atom. The van der Waals surface area contributed by atoms with Crippen molar-refractivity contribution in [3.8, 4) is 0 Å². The molecule has 8 heteroatoms. The van der Waals surface area contributed by atoms with E-state index in [1.54, 1.807) is 0 Å². The van der Waals surface area contributed by atoms with Crippen molar-refractivity contribution in [1.82, 2.24) is 0 Å². The van der Waals surface area contributed by atoms with Crippen molar-refractivity contribution in [1.29, 1.82) is 0 Å². The molecule has 0 rings (SSSR count). The summed E-state index contributed by atoms with van der Waals surface area (Å²) in [7, 11) is -6.13. The van der Waals surface area contributed by atoms with Crippen LogP contribution in [-0.2, 0) is 13.7 Å². The standard InChI is InChI=1S/C12H27O6PSi/c1-10(7-17-9-19(14,15)16)11(13)8-18-20(5,6)12(2,3)4/h11,13H,1,7-9H2,2-6H3,(H2,14,15,16). The first-order valence-corrected chi connectivity index (χ1v) is 11.1. The number of hydrogen-bond donors (Lipinski definition) is 3. The molecule has 0 radical (unpaired) electrons. The molecule has 0 bridgehead atoms. The van der Waals surface area contributed by atoms with E-state index in [4.69, 9.17) is 18.9 Å². The summed E-state index contributed by atoms with van der Waals surface area (Å²) in [6.45, 7) is 14.1. The van der Waals surface area contributed by atoms with Gasteiger partial charge in [-0.05, 0) is 23.7 Å². The normalized spacial score (nSPS) is 15.2.